The quantitative estimate of drug-likeness (QED) is 0.0632. The Balaban J connectivity index is 0.742. The lowest BCUT2D eigenvalue weighted by Crippen LogP contribution is -2.60. The van der Waals surface area contributed by atoms with Crippen molar-refractivity contribution in [2.75, 3.05) is 70.5 Å². The second-order valence-corrected chi connectivity index (χ2v) is 22.0. The molecule has 7 N–H and O–H groups in total. The average molecular weight is 1050 g/mol. The summed E-state index contributed by atoms with van der Waals surface area (Å²) < 4.78 is 5.74. The van der Waals surface area contributed by atoms with Crippen molar-refractivity contribution in [1.29, 1.82) is 0 Å². The maximum absolute atomic E-state index is 14.1. The summed E-state index contributed by atoms with van der Waals surface area (Å²) in [6, 6.07) is 15.1. The van der Waals surface area contributed by atoms with E-state index in [4.69, 9.17) is 22.1 Å². The first kappa shape index (κ1) is 54.2. The van der Waals surface area contributed by atoms with Crippen LogP contribution in [-0.2, 0) is 35.3 Å². The second-order valence-electron chi connectivity index (χ2n) is 20.7. The Hall–Kier alpha value is -6.03. The Morgan fingerprint density at radius 3 is 2.34 bits per heavy atom. The van der Waals surface area contributed by atoms with Crippen molar-refractivity contribution in [2.24, 2.45) is 11.1 Å². The van der Waals surface area contributed by atoms with Gasteiger partial charge in [0.15, 0.2) is 0 Å². The van der Waals surface area contributed by atoms with Gasteiger partial charge in [0.25, 0.3) is 0 Å². The Kier molecular flexibility index (Phi) is 17.7. The van der Waals surface area contributed by atoms with Crippen molar-refractivity contribution in [3.8, 4) is 10.4 Å². The number of amides is 5. The van der Waals surface area contributed by atoms with Crippen LogP contribution >= 0.6 is 22.9 Å². The summed E-state index contributed by atoms with van der Waals surface area (Å²) in [5.74, 6) is -0.640. The number of thiazole rings is 1. The van der Waals surface area contributed by atoms with E-state index >= 15 is 0 Å². The van der Waals surface area contributed by atoms with E-state index in [1.807, 2.05) is 98.9 Å². The maximum atomic E-state index is 14.1. The lowest BCUT2D eigenvalue weighted by molar-refractivity contribution is -0.144. The number of nitrogens with one attached hydrogen (secondary N) is 4. The van der Waals surface area contributed by atoms with Gasteiger partial charge in [-0.25, -0.2) is 15.0 Å². The number of piperazine rings is 1. The number of ether oxygens (including phenoxy) is 1. The fourth-order valence-electron chi connectivity index (χ4n) is 9.91. The Morgan fingerprint density at radius 2 is 1.65 bits per heavy atom. The minimum absolute atomic E-state index is 0.0276. The Labute approximate surface area is 441 Å². The van der Waals surface area contributed by atoms with Gasteiger partial charge in [0.1, 0.15) is 29.9 Å². The van der Waals surface area contributed by atoms with Crippen LogP contribution in [0.3, 0.4) is 0 Å². The smallest absolute Gasteiger partial charge is 0.246 e. The standard InChI is InChI=1S/C53H69ClN12O7S/c1-34-45(74-33-60-34)37-7-5-35(6-8-37)30-57-49(70)42-29-39(67)31-66(42)50(71)46(52(2,3)4)62-43(68)15-27-73-28-16-44(69)64-25-23-63(24-26-64)20-14-41(36-9-11-38(54)12-10-36)61-51(72)53(55)17-21-65(22-18-53)48-40-13-19-56-47(40)58-32-59-48/h5-13,19,32-33,39,41-42,46,67H,14-18,20-31,55H2,1-4H3,(H,57,70)(H,61,72)(H,62,68)(H,56,58,59)/t39-,41+,42+,46-/m1/s1. The van der Waals surface area contributed by atoms with Crippen LogP contribution in [0.25, 0.3) is 21.5 Å². The molecule has 3 aliphatic heterocycles. The number of β-amino-alcohol motifs (C(OH)–C–C–N with tert-alkyl or cyclic N) is 1. The average Bonchev–Trinajstić information content (AvgIpc) is 4.16. The maximum Gasteiger partial charge on any atom is 0.246 e. The van der Waals surface area contributed by atoms with Crippen LogP contribution in [0.15, 0.2) is 72.6 Å². The molecule has 21 heteroatoms. The van der Waals surface area contributed by atoms with E-state index in [0.29, 0.717) is 70.1 Å². The van der Waals surface area contributed by atoms with Gasteiger partial charge in [-0.1, -0.05) is 68.8 Å². The number of hydrogen-bond acceptors (Lipinski definition) is 14. The van der Waals surface area contributed by atoms with Crippen LogP contribution in [0, 0.1) is 12.3 Å². The number of H-pyrrole nitrogens is 1. The molecule has 0 unspecified atom stereocenters. The van der Waals surface area contributed by atoms with Gasteiger partial charge in [-0.2, -0.15) is 0 Å². The summed E-state index contributed by atoms with van der Waals surface area (Å²) in [6.45, 7) is 12.1. The lowest BCUT2D eigenvalue weighted by atomic mass is 9.85. The zero-order valence-corrected chi connectivity index (χ0v) is 44.2. The van der Waals surface area contributed by atoms with Crippen LogP contribution in [0.4, 0.5) is 5.82 Å². The molecule has 8 rings (SSSR count). The van der Waals surface area contributed by atoms with Crippen molar-refractivity contribution in [3.63, 3.8) is 0 Å². The number of aromatic nitrogens is 4. The van der Waals surface area contributed by atoms with E-state index in [0.717, 1.165) is 44.1 Å². The molecule has 0 bridgehead atoms. The summed E-state index contributed by atoms with van der Waals surface area (Å²) in [5.41, 5.74) is 11.5. The lowest BCUT2D eigenvalue weighted by Gasteiger charge is -2.39. The van der Waals surface area contributed by atoms with Gasteiger partial charge in [-0.3, -0.25) is 28.9 Å². The number of halogens is 1. The first-order valence-electron chi connectivity index (χ1n) is 25.5. The van der Waals surface area contributed by atoms with Crippen molar-refractivity contribution in [3.05, 3.63) is 94.5 Å². The molecule has 6 heterocycles. The first-order valence-corrected chi connectivity index (χ1v) is 26.7. The number of aliphatic hydroxyl groups is 1. The molecule has 74 heavy (non-hydrogen) atoms. The van der Waals surface area contributed by atoms with Crippen LogP contribution in [0.1, 0.15) is 82.2 Å². The van der Waals surface area contributed by atoms with Crippen molar-refractivity contribution < 1.29 is 33.8 Å². The van der Waals surface area contributed by atoms with Gasteiger partial charge in [-0.05, 0) is 66.5 Å². The van der Waals surface area contributed by atoms with E-state index in [9.17, 15) is 29.1 Å². The summed E-state index contributed by atoms with van der Waals surface area (Å²) in [6.07, 6.45) is 4.25. The van der Waals surface area contributed by atoms with Crippen LogP contribution in [0.2, 0.25) is 5.02 Å². The molecular formula is C53H69ClN12O7S. The minimum atomic E-state index is -1.05. The van der Waals surface area contributed by atoms with Gasteiger partial charge < -0.3 is 51.2 Å². The topological polar surface area (TPSA) is 244 Å². The molecule has 5 amide bonds. The fourth-order valence-corrected chi connectivity index (χ4v) is 10.8. The van der Waals surface area contributed by atoms with Crippen molar-refractivity contribution in [1.82, 2.24) is 50.6 Å². The number of aromatic amines is 1. The van der Waals surface area contributed by atoms with Gasteiger partial charge in [0, 0.05) is 83.0 Å². The minimum Gasteiger partial charge on any atom is -0.391 e. The summed E-state index contributed by atoms with van der Waals surface area (Å²) in [7, 11) is 0. The number of benzene rings is 2. The SMILES string of the molecule is Cc1ncsc1-c1ccc(CNC(=O)[C@@H]2C[C@@H](O)CN2C(=O)[C@@H](NC(=O)CCOCCC(=O)N2CCN(CC[C@H](NC(=O)C3(N)CCN(c4ncnc5[nH]ccc45)CC3)c3ccc(Cl)cc3)CC2)C(C)(C)C)cc1. The number of fused-ring (bicyclic) bond motifs is 1. The summed E-state index contributed by atoms with van der Waals surface area (Å²) in [4.78, 5) is 93.0. The molecule has 3 fully saturated rings. The molecule has 0 saturated carbocycles. The highest BCUT2D eigenvalue weighted by atomic mass is 35.5. The number of hydrogen-bond donors (Lipinski definition) is 6. The zero-order valence-electron chi connectivity index (χ0n) is 42.6. The molecule has 3 aromatic heterocycles. The summed E-state index contributed by atoms with van der Waals surface area (Å²) >= 11 is 7.81. The number of piperidine rings is 1. The van der Waals surface area contributed by atoms with Gasteiger partial charge in [0.2, 0.25) is 29.5 Å². The van der Waals surface area contributed by atoms with E-state index < -0.39 is 41.0 Å². The van der Waals surface area contributed by atoms with Gasteiger partial charge in [-0.15, -0.1) is 11.3 Å². The van der Waals surface area contributed by atoms with Crippen molar-refractivity contribution >= 4 is 69.3 Å². The van der Waals surface area contributed by atoms with E-state index in [1.165, 1.54) is 11.2 Å². The van der Waals surface area contributed by atoms with Crippen LogP contribution in [0.5, 0.6) is 0 Å². The molecule has 5 aromatic rings. The monoisotopic (exact) mass is 1050 g/mol. The molecule has 2 aromatic carbocycles. The molecule has 0 spiro atoms. The number of carbonyl (C=O) groups is 5. The number of nitrogens with two attached hydrogens (primary N) is 1. The number of aryl methyl sites for hydroxylation is 1. The van der Waals surface area contributed by atoms with Crippen molar-refractivity contribution in [2.45, 2.75) is 103 Å². The molecule has 3 aliphatic rings. The zero-order chi connectivity index (χ0) is 52.6. The van der Waals surface area contributed by atoms with E-state index in [-0.39, 0.29) is 69.3 Å². The highest BCUT2D eigenvalue weighted by molar-refractivity contribution is 7.13. The van der Waals surface area contributed by atoms with E-state index in [1.54, 1.807) is 11.3 Å². The number of aliphatic hydroxyl groups excluding tert-OH is 1. The summed E-state index contributed by atoms with van der Waals surface area (Å²) in [5, 5.41) is 21.2. The van der Waals surface area contributed by atoms with E-state index in [2.05, 4.69) is 45.7 Å². The molecule has 19 nitrogen and oxygen atoms in total. The fraction of sp³-hybridized carbons (Fsp3) is 0.509. The van der Waals surface area contributed by atoms with Crippen LogP contribution in [-0.4, -0.2) is 159 Å². The largest absolute Gasteiger partial charge is 0.391 e. The number of likely N-dealkylation sites (tertiary alicyclic amines) is 1. The van der Waals surface area contributed by atoms with Gasteiger partial charge >= 0.3 is 0 Å². The molecule has 4 atom stereocenters. The Morgan fingerprint density at radius 1 is 0.932 bits per heavy atom. The predicted octanol–water partition coefficient (Wildman–Crippen LogP) is 4.34. The molecule has 396 valence electrons. The third-order valence-corrected chi connectivity index (χ3v) is 15.7. The Bertz CT molecular complexity index is 2730. The second kappa shape index (κ2) is 24.1. The number of rotatable bonds is 19. The highest BCUT2D eigenvalue weighted by Gasteiger charge is 2.45. The predicted molar refractivity (Wildman–Crippen MR) is 284 cm³/mol. The number of nitrogens with zero attached hydrogens (tertiary/aromatic N) is 7. The van der Waals surface area contributed by atoms with Crippen LogP contribution < -0.4 is 26.6 Å². The number of anilines is 1. The highest BCUT2D eigenvalue weighted by Crippen LogP contribution is 2.31. The molecular weight excluding hydrogens is 984 g/mol. The number of carbonyl (C=O) groups excluding carboxylic acids is 5. The molecule has 0 radical (unpaired) electrons. The molecule has 3 saturated heterocycles. The normalized spacial score (nSPS) is 19.0. The molecule has 0 aliphatic carbocycles. The van der Waals surface area contributed by atoms with Gasteiger partial charge in [0.05, 0.1) is 58.8 Å². The third-order valence-electron chi connectivity index (χ3n) is 14.4. The first-order chi connectivity index (χ1) is 35.5. The third kappa shape index (κ3) is 13.4.